The zero-order chi connectivity index (χ0) is 25.9. The molecule has 1 unspecified atom stereocenters. The molecule has 194 valence electrons. The first-order valence-corrected chi connectivity index (χ1v) is 13.5. The van der Waals surface area contributed by atoms with E-state index in [4.69, 9.17) is 4.74 Å². The Balaban J connectivity index is 1.35. The van der Waals surface area contributed by atoms with E-state index in [1.165, 1.54) is 36.3 Å². The molecule has 1 atom stereocenters. The number of hydrogen-bond acceptors (Lipinski definition) is 6. The third kappa shape index (κ3) is 5.79. The van der Waals surface area contributed by atoms with E-state index in [0.717, 1.165) is 5.56 Å². The molecule has 36 heavy (non-hydrogen) atoms. The molecule has 0 aromatic heterocycles. The van der Waals surface area contributed by atoms with Crippen LogP contribution in [0.15, 0.2) is 47.4 Å². The molecule has 0 spiro atoms. The average Bonchev–Trinajstić information content (AvgIpc) is 2.88. The molecular formula is C25H31FN4O5S. The van der Waals surface area contributed by atoms with E-state index >= 15 is 0 Å². The minimum atomic E-state index is -3.83. The Morgan fingerprint density at radius 2 is 1.81 bits per heavy atom. The predicted octanol–water partition coefficient (Wildman–Crippen LogP) is 3.54. The Morgan fingerprint density at radius 1 is 1.11 bits per heavy atom. The molecule has 0 radical (unpaired) electrons. The van der Waals surface area contributed by atoms with Gasteiger partial charge in [0.1, 0.15) is 5.82 Å². The molecule has 2 aromatic carbocycles. The van der Waals surface area contributed by atoms with Gasteiger partial charge in [-0.05, 0) is 68.5 Å². The fourth-order valence-corrected chi connectivity index (χ4v) is 6.03. The summed E-state index contributed by atoms with van der Waals surface area (Å²) in [6.45, 7) is 2.74. The van der Waals surface area contributed by atoms with Gasteiger partial charge in [-0.25, -0.2) is 22.3 Å². The smallest absolute Gasteiger partial charge is 0.414 e. The summed E-state index contributed by atoms with van der Waals surface area (Å²) in [6, 6.07) is 10.1. The highest BCUT2D eigenvalue weighted by Crippen LogP contribution is 2.33. The molecule has 2 aromatic rings. The van der Waals surface area contributed by atoms with Crippen molar-refractivity contribution in [2.75, 3.05) is 30.4 Å². The zero-order valence-electron chi connectivity index (χ0n) is 20.3. The van der Waals surface area contributed by atoms with Gasteiger partial charge in [0, 0.05) is 25.0 Å². The second-order valence-electron chi connectivity index (χ2n) is 9.18. The SMILES string of the molecule is COC(=O)N1CCNc2ccc(S(=O)(=O)NC3CCC(C(=O)NC(C)c4ccc(F)cc4)CC3)cc21. The van der Waals surface area contributed by atoms with Crippen molar-refractivity contribution < 1.29 is 27.1 Å². The minimum Gasteiger partial charge on any atom is -0.452 e. The van der Waals surface area contributed by atoms with Gasteiger partial charge in [-0.15, -0.1) is 0 Å². The summed E-state index contributed by atoms with van der Waals surface area (Å²) in [5, 5.41) is 6.13. The van der Waals surface area contributed by atoms with E-state index in [0.29, 0.717) is 50.1 Å². The van der Waals surface area contributed by atoms with Crippen molar-refractivity contribution in [2.24, 2.45) is 5.92 Å². The van der Waals surface area contributed by atoms with Crippen LogP contribution in [0.4, 0.5) is 20.6 Å². The number of sulfonamides is 1. The standard InChI is InChI=1S/C25H31FN4O5S/c1-16(17-3-7-19(26)8-4-17)28-24(31)18-5-9-20(10-6-18)29-36(33,34)21-11-12-22-23(15-21)30(14-13-27-22)25(32)35-2/h3-4,7-8,11-12,15-16,18,20,27,29H,5-6,9-10,13-14H2,1-2H3,(H,28,31). The summed E-state index contributed by atoms with van der Waals surface area (Å²) >= 11 is 0. The molecule has 4 rings (SSSR count). The number of amides is 2. The lowest BCUT2D eigenvalue weighted by atomic mass is 9.85. The van der Waals surface area contributed by atoms with Crippen molar-refractivity contribution >= 4 is 33.4 Å². The first kappa shape index (κ1) is 25.9. The molecule has 2 aliphatic rings. The number of benzene rings is 2. The van der Waals surface area contributed by atoms with Gasteiger partial charge in [-0.3, -0.25) is 9.69 Å². The highest BCUT2D eigenvalue weighted by atomic mass is 32.2. The Bertz CT molecular complexity index is 1210. The van der Waals surface area contributed by atoms with Crippen molar-refractivity contribution in [1.29, 1.82) is 0 Å². The van der Waals surface area contributed by atoms with Gasteiger partial charge in [0.2, 0.25) is 15.9 Å². The van der Waals surface area contributed by atoms with Crippen LogP contribution in [0, 0.1) is 11.7 Å². The number of nitrogens with one attached hydrogen (secondary N) is 3. The molecule has 1 heterocycles. The normalized spacial score (nSPS) is 20.6. The molecule has 2 amide bonds. The van der Waals surface area contributed by atoms with Crippen LogP contribution >= 0.6 is 0 Å². The number of ether oxygens (including phenoxy) is 1. The molecule has 0 bridgehead atoms. The van der Waals surface area contributed by atoms with E-state index < -0.39 is 16.1 Å². The van der Waals surface area contributed by atoms with Gasteiger partial charge in [0.15, 0.2) is 0 Å². The molecule has 1 aliphatic heterocycles. The second-order valence-corrected chi connectivity index (χ2v) is 10.9. The van der Waals surface area contributed by atoms with Gasteiger partial charge >= 0.3 is 6.09 Å². The number of nitrogens with zero attached hydrogens (tertiary/aromatic N) is 1. The topological polar surface area (TPSA) is 117 Å². The highest BCUT2D eigenvalue weighted by Gasteiger charge is 2.31. The van der Waals surface area contributed by atoms with Crippen LogP contribution in [0.2, 0.25) is 0 Å². The van der Waals surface area contributed by atoms with Crippen molar-refractivity contribution in [3.05, 3.63) is 53.8 Å². The molecule has 9 nitrogen and oxygen atoms in total. The first-order valence-electron chi connectivity index (χ1n) is 12.0. The monoisotopic (exact) mass is 518 g/mol. The molecular weight excluding hydrogens is 487 g/mol. The van der Waals surface area contributed by atoms with E-state index in [1.807, 2.05) is 6.92 Å². The van der Waals surface area contributed by atoms with Crippen LogP contribution in [0.1, 0.15) is 44.2 Å². The number of carbonyl (C=O) groups excluding carboxylic acids is 2. The van der Waals surface area contributed by atoms with E-state index in [9.17, 15) is 22.4 Å². The predicted molar refractivity (Wildman–Crippen MR) is 134 cm³/mol. The fourth-order valence-electron chi connectivity index (χ4n) is 4.70. The minimum absolute atomic E-state index is 0.0619. The maximum Gasteiger partial charge on any atom is 0.414 e. The number of anilines is 2. The van der Waals surface area contributed by atoms with Gasteiger partial charge in [0.25, 0.3) is 0 Å². The van der Waals surface area contributed by atoms with E-state index in [2.05, 4.69) is 15.4 Å². The summed E-state index contributed by atoms with van der Waals surface area (Å²) < 4.78 is 46.9. The lowest BCUT2D eigenvalue weighted by Crippen LogP contribution is -2.41. The van der Waals surface area contributed by atoms with Gasteiger partial charge in [0.05, 0.1) is 29.4 Å². The fraction of sp³-hybridized carbons (Fsp3) is 0.440. The van der Waals surface area contributed by atoms with E-state index in [1.54, 1.807) is 18.2 Å². The van der Waals surface area contributed by atoms with Crippen LogP contribution in [0.5, 0.6) is 0 Å². The van der Waals surface area contributed by atoms with Crippen molar-refractivity contribution in [3.8, 4) is 0 Å². The zero-order valence-corrected chi connectivity index (χ0v) is 21.1. The first-order chi connectivity index (χ1) is 17.2. The van der Waals surface area contributed by atoms with Crippen LogP contribution in [0.3, 0.4) is 0 Å². The summed E-state index contributed by atoms with van der Waals surface area (Å²) in [7, 11) is -2.55. The highest BCUT2D eigenvalue weighted by molar-refractivity contribution is 7.89. The Kier molecular flexibility index (Phi) is 7.79. The molecule has 3 N–H and O–H groups in total. The number of hydrogen-bond donors (Lipinski definition) is 3. The summed E-state index contributed by atoms with van der Waals surface area (Å²) in [5.74, 6) is -0.624. The maximum atomic E-state index is 13.1. The Morgan fingerprint density at radius 3 is 2.47 bits per heavy atom. The number of halogens is 1. The van der Waals surface area contributed by atoms with Gasteiger partial charge < -0.3 is 15.4 Å². The number of carbonyl (C=O) groups is 2. The maximum absolute atomic E-state index is 13.1. The van der Waals surface area contributed by atoms with Crippen LogP contribution in [-0.2, 0) is 19.6 Å². The lowest BCUT2D eigenvalue weighted by molar-refractivity contribution is -0.126. The third-order valence-electron chi connectivity index (χ3n) is 6.76. The third-order valence-corrected chi connectivity index (χ3v) is 8.28. The second kappa shape index (κ2) is 10.8. The lowest BCUT2D eigenvalue weighted by Gasteiger charge is -2.30. The van der Waals surface area contributed by atoms with Crippen LogP contribution in [-0.4, -0.2) is 46.7 Å². The summed E-state index contributed by atoms with van der Waals surface area (Å²) in [6.07, 6.45) is 1.62. The van der Waals surface area contributed by atoms with E-state index in [-0.39, 0.29) is 34.6 Å². The molecule has 1 aliphatic carbocycles. The molecule has 1 saturated carbocycles. The van der Waals surface area contributed by atoms with Gasteiger partial charge in [-0.1, -0.05) is 12.1 Å². The summed E-state index contributed by atoms with van der Waals surface area (Å²) in [4.78, 5) is 26.3. The summed E-state index contributed by atoms with van der Waals surface area (Å²) in [5.41, 5.74) is 1.93. The van der Waals surface area contributed by atoms with Crippen molar-refractivity contribution in [2.45, 2.75) is 49.6 Å². The Labute approximate surface area is 210 Å². The average molecular weight is 519 g/mol. The molecule has 1 fully saturated rings. The largest absolute Gasteiger partial charge is 0.452 e. The van der Waals surface area contributed by atoms with Crippen LogP contribution < -0.4 is 20.3 Å². The van der Waals surface area contributed by atoms with Crippen molar-refractivity contribution in [1.82, 2.24) is 10.0 Å². The quantitative estimate of drug-likeness (QED) is 0.539. The van der Waals surface area contributed by atoms with Gasteiger partial charge in [-0.2, -0.15) is 0 Å². The number of fused-ring (bicyclic) bond motifs is 1. The molecule has 0 saturated heterocycles. The Hall–Kier alpha value is -3.18. The van der Waals surface area contributed by atoms with Crippen molar-refractivity contribution in [3.63, 3.8) is 0 Å². The van der Waals surface area contributed by atoms with Crippen LogP contribution in [0.25, 0.3) is 0 Å². The molecule has 11 heteroatoms. The number of methoxy groups -OCH3 is 1. The number of rotatable bonds is 6.